The zero-order chi connectivity index (χ0) is 11.5. The van der Waals surface area contributed by atoms with Gasteiger partial charge in [0, 0.05) is 12.2 Å². The average molecular weight is 216 g/mol. The van der Waals surface area contributed by atoms with E-state index in [2.05, 4.69) is 12.6 Å². The van der Waals surface area contributed by atoms with Crippen LogP contribution >= 0.6 is 0 Å². The Labute approximate surface area is 95.6 Å². The summed E-state index contributed by atoms with van der Waals surface area (Å²) >= 11 is 0. The fourth-order valence-corrected chi connectivity index (χ4v) is 2.22. The summed E-state index contributed by atoms with van der Waals surface area (Å²) in [5.41, 5.74) is 7.90. The Morgan fingerprint density at radius 3 is 3.00 bits per heavy atom. The minimum atomic E-state index is -0.0390. The molecule has 1 aliphatic rings. The molecule has 0 radical (unpaired) electrons. The molecule has 84 valence electrons. The Morgan fingerprint density at radius 1 is 1.56 bits per heavy atom. The summed E-state index contributed by atoms with van der Waals surface area (Å²) in [4.78, 5) is 13.5. The van der Waals surface area contributed by atoms with Crippen molar-refractivity contribution in [2.75, 3.05) is 18.0 Å². The number of carbonyl (C=O) groups excluding carboxylic acids is 1. The maximum absolute atomic E-state index is 11.7. The standard InChI is InChI=1S/C13H16N2O/c1-2-13(16)15-8-7-10(9-14)11-5-3-4-6-12(11)15/h2-6,10H,1,7-9,14H2. The number of rotatable bonds is 2. The second kappa shape index (κ2) is 4.49. The molecule has 0 saturated carbocycles. The maximum Gasteiger partial charge on any atom is 0.250 e. The summed E-state index contributed by atoms with van der Waals surface area (Å²) in [6.07, 6.45) is 2.28. The van der Waals surface area contributed by atoms with Gasteiger partial charge in [-0.1, -0.05) is 24.8 Å². The Morgan fingerprint density at radius 2 is 2.31 bits per heavy atom. The Balaban J connectivity index is 2.42. The molecule has 1 aromatic carbocycles. The van der Waals surface area contributed by atoms with Gasteiger partial charge in [0.25, 0.3) is 0 Å². The maximum atomic E-state index is 11.7. The third-order valence-electron chi connectivity index (χ3n) is 3.09. The Bertz CT molecular complexity index is 414. The van der Waals surface area contributed by atoms with Crippen LogP contribution in [0.3, 0.4) is 0 Å². The van der Waals surface area contributed by atoms with E-state index in [1.165, 1.54) is 11.6 Å². The van der Waals surface area contributed by atoms with E-state index >= 15 is 0 Å². The predicted octanol–water partition coefficient (Wildman–Crippen LogP) is 1.65. The van der Waals surface area contributed by atoms with Crippen molar-refractivity contribution >= 4 is 11.6 Å². The number of nitrogens with two attached hydrogens (primary N) is 1. The first-order valence-corrected chi connectivity index (χ1v) is 5.51. The lowest BCUT2D eigenvalue weighted by atomic mass is 9.90. The molecule has 0 aromatic heterocycles. The molecular formula is C13H16N2O. The van der Waals surface area contributed by atoms with Crippen LogP contribution in [0.1, 0.15) is 17.9 Å². The predicted molar refractivity (Wildman–Crippen MR) is 65.4 cm³/mol. The number of hydrogen-bond acceptors (Lipinski definition) is 2. The van der Waals surface area contributed by atoms with Gasteiger partial charge < -0.3 is 10.6 Å². The van der Waals surface area contributed by atoms with E-state index in [-0.39, 0.29) is 5.91 Å². The Hall–Kier alpha value is -1.61. The highest BCUT2D eigenvalue weighted by Gasteiger charge is 2.26. The number of fused-ring (bicyclic) bond motifs is 1. The van der Waals surface area contributed by atoms with Crippen LogP contribution < -0.4 is 10.6 Å². The number of benzene rings is 1. The highest BCUT2D eigenvalue weighted by molar-refractivity contribution is 6.02. The molecule has 0 saturated heterocycles. The molecule has 0 bridgehead atoms. The van der Waals surface area contributed by atoms with Gasteiger partial charge in [0.1, 0.15) is 0 Å². The minimum absolute atomic E-state index is 0.0390. The summed E-state index contributed by atoms with van der Waals surface area (Å²) in [5, 5.41) is 0. The van der Waals surface area contributed by atoms with Crippen LogP contribution in [-0.2, 0) is 4.79 Å². The van der Waals surface area contributed by atoms with Crippen molar-refractivity contribution in [3.8, 4) is 0 Å². The quantitative estimate of drug-likeness (QED) is 0.764. The van der Waals surface area contributed by atoms with Crippen LogP contribution in [0.2, 0.25) is 0 Å². The number of para-hydroxylation sites is 1. The number of nitrogens with zero attached hydrogens (tertiary/aromatic N) is 1. The molecule has 0 aliphatic carbocycles. The van der Waals surface area contributed by atoms with Gasteiger partial charge in [-0.15, -0.1) is 0 Å². The molecule has 3 heteroatoms. The van der Waals surface area contributed by atoms with Gasteiger partial charge >= 0.3 is 0 Å². The third-order valence-corrected chi connectivity index (χ3v) is 3.09. The number of anilines is 1. The Kier molecular flexibility index (Phi) is 3.06. The number of carbonyl (C=O) groups is 1. The molecule has 0 spiro atoms. The van der Waals surface area contributed by atoms with Crippen LogP contribution in [0.15, 0.2) is 36.9 Å². The first-order valence-electron chi connectivity index (χ1n) is 5.51. The van der Waals surface area contributed by atoms with Crippen LogP contribution in [0.25, 0.3) is 0 Å². The fourth-order valence-electron chi connectivity index (χ4n) is 2.22. The van der Waals surface area contributed by atoms with Crippen LogP contribution in [-0.4, -0.2) is 19.0 Å². The van der Waals surface area contributed by atoms with E-state index in [0.29, 0.717) is 12.5 Å². The molecule has 2 N–H and O–H groups in total. The molecule has 3 nitrogen and oxygen atoms in total. The SMILES string of the molecule is C=CC(=O)N1CCC(CN)c2ccccc21. The van der Waals surface area contributed by atoms with E-state index in [1.807, 2.05) is 18.2 Å². The van der Waals surface area contributed by atoms with Gasteiger partial charge in [-0.2, -0.15) is 0 Å². The van der Waals surface area contributed by atoms with Gasteiger partial charge in [0.2, 0.25) is 5.91 Å². The van der Waals surface area contributed by atoms with Crippen molar-refractivity contribution in [2.24, 2.45) is 5.73 Å². The highest BCUT2D eigenvalue weighted by atomic mass is 16.2. The first kappa shape index (κ1) is 10.9. The minimum Gasteiger partial charge on any atom is -0.330 e. The zero-order valence-corrected chi connectivity index (χ0v) is 9.23. The molecule has 1 atom stereocenters. The van der Waals surface area contributed by atoms with Crippen molar-refractivity contribution in [2.45, 2.75) is 12.3 Å². The van der Waals surface area contributed by atoms with E-state index in [9.17, 15) is 4.79 Å². The second-order valence-corrected chi connectivity index (χ2v) is 3.97. The van der Waals surface area contributed by atoms with Gasteiger partial charge in [0.05, 0.1) is 0 Å². The van der Waals surface area contributed by atoms with Gasteiger partial charge in [-0.05, 0) is 36.6 Å². The monoisotopic (exact) mass is 216 g/mol. The normalized spacial score (nSPS) is 19.1. The van der Waals surface area contributed by atoms with E-state index in [4.69, 9.17) is 5.73 Å². The van der Waals surface area contributed by atoms with E-state index in [0.717, 1.165) is 18.7 Å². The molecular weight excluding hydrogens is 200 g/mol. The van der Waals surface area contributed by atoms with Crippen molar-refractivity contribution in [1.82, 2.24) is 0 Å². The van der Waals surface area contributed by atoms with Gasteiger partial charge in [-0.3, -0.25) is 4.79 Å². The molecule has 1 amide bonds. The van der Waals surface area contributed by atoms with Crippen molar-refractivity contribution in [3.05, 3.63) is 42.5 Å². The fraction of sp³-hybridized carbons (Fsp3) is 0.308. The van der Waals surface area contributed by atoms with Crippen LogP contribution in [0.5, 0.6) is 0 Å². The topological polar surface area (TPSA) is 46.3 Å². The van der Waals surface area contributed by atoms with E-state index in [1.54, 1.807) is 4.90 Å². The van der Waals surface area contributed by atoms with Crippen LogP contribution in [0.4, 0.5) is 5.69 Å². The zero-order valence-electron chi connectivity index (χ0n) is 9.23. The molecule has 1 aliphatic heterocycles. The average Bonchev–Trinajstić information content (AvgIpc) is 2.36. The van der Waals surface area contributed by atoms with Gasteiger partial charge in [-0.25, -0.2) is 0 Å². The highest BCUT2D eigenvalue weighted by Crippen LogP contribution is 2.34. The lowest BCUT2D eigenvalue weighted by Crippen LogP contribution is -2.36. The summed E-state index contributed by atoms with van der Waals surface area (Å²) < 4.78 is 0. The molecule has 2 rings (SSSR count). The lowest BCUT2D eigenvalue weighted by Gasteiger charge is -2.33. The largest absolute Gasteiger partial charge is 0.330 e. The van der Waals surface area contributed by atoms with Crippen molar-refractivity contribution < 1.29 is 4.79 Å². The summed E-state index contributed by atoms with van der Waals surface area (Å²) in [6.45, 7) is 4.89. The number of hydrogen-bond donors (Lipinski definition) is 1. The van der Waals surface area contributed by atoms with E-state index < -0.39 is 0 Å². The number of amides is 1. The molecule has 1 aromatic rings. The molecule has 1 heterocycles. The smallest absolute Gasteiger partial charge is 0.250 e. The second-order valence-electron chi connectivity index (χ2n) is 3.97. The lowest BCUT2D eigenvalue weighted by molar-refractivity contribution is -0.114. The van der Waals surface area contributed by atoms with Crippen LogP contribution in [0, 0.1) is 0 Å². The van der Waals surface area contributed by atoms with Gasteiger partial charge in [0.15, 0.2) is 0 Å². The summed E-state index contributed by atoms with van der Waals surface area (Å²) in [6, 6.07) is 7.96. The van der Waals surface area contributed by atoms with Crippen molar-refractivity contribution in [3.63, 3.8) is 0 Å². The molecule has 0 fully saturated rings. The summed E-state index contributed by atoms with van der Waals surface area (Å²) in [5.74, 6) is 0.327. The third kappa shape index (κ3) is 1.74. The first-order chi connectivity index (χ1) is 7.77. The molecule has 1 unspecified atom stereocenters. The summed E-state index contributed by atoms with van der Waals surface area (Å²) in [7, 11) is 0. The molecule has 16 heavy (non-hydrogen) atoms. The van der Waals surface area contributed by atoms with Crippen molar-refractivity contribution in [1.29, 1.82) is 0 Å².